The number of methoxy groups -OCH3 is 1. The van der Waals surface area contributed by atoms with Crippen LogP contribution >= 0.6 is 0 Å². The number of hydrogen-bond donors (Lipinski definition) is 1. The number of hydrogen-bond acceptors (Lipinski definition) is 3. The van der Waals surface area contributed by atoms with Gasteiger partial charge in [0.2, 0.25) is 0 Å². The van der Waals surface area contributed by atoms with E-state index in [2.05, 4.69) is 0 Å². The average molecular weight is 233 g/mol. The molecule has 0 radical (unpaired) electrons. The maximum Gasteiger partial charge on any atom is 0.328 e. The lowest BCUT2D eigenvalue weighted by molar-refractivity contribution is -0.141. The molecule has 1 rings (SSSR count). The van der Waals surface area contributed by atoms with E-state index < -0.39 is 11.4 Å². The van der Waals surface area contributed by atoms with Crippen LogP contribution in [0.1, 0.15) is 23.6 Å². The van der Waals surface area contributed by atoms with Crippen molar-refractivity contribution in [3.63, 3.8) is 0 Å². The molecule has 0 aliphatic heterocycles. The van der Waals surface area contributed by atoms with Crippen LogP contribution in [0.4, 0.5) is 0 Å². The predicted octanol–water partition coefficient (Wildman–Crippen LogP) is 2.18. The first-order valence-corrected chi connectivity index (χ1v) is 5.17. The third-order valence-corrected chi connectivity index (χ3v) is 2.93. The summed E-state index contributed by atoms with van der Waals surface area (Å²) in [4.78, 5) is 11.2. The number of nitriles is 1. The molecule has 1 N–H and O–H groups in total. The van der Waals surface area contributed by atoms with Crippen LogP contribution in [0.3, 0.4) is 0 Å². The zero-order valence-corrected chi connectivity index (χ0v) is 10.4. The molecule has 0 aliphatic carbocycles. The van der Waals surface area contributed by atoms with Crippen LogP contribution in [0.25, 0.3) is 0 Å². The van der Waals surface area contributed by atoms with E-state index >= 15 is 0 Å². The molecule has 17 heavy (non-hydrogen) atoms. The second-order valence-electron chi connectivity index (χ2n) is 4.18. The van der Waals surface area contributed by atoms with Gasteiger partial charge in [-0.3, -0.25) is 4.79 Å². The first kappa shape index (κ1) is 13.0. The highest BCUT2D eigenvalue weighted by atomic mass is 16.5. The summed E-state index contributed by atoms with van der Waals surface area (Å²) in [7, 11) is 1.56. The number of carboxylic acid groups (broad SMARTS) is 1. The molecule has 90 valence electrons. The van der Waals surface area contributed by atoms with E-state index in [1.54, 1.807) is 26.2 Å². The van der Waals surface area contributed by atoms with Crippen molar-refractivity contribution >= 4 is 5.97 Å². The van der Waals surface area contributed by atoms with Crippen LogP contribution in [-0.4, -0.2) is 18.2 Å². The fourth-order valence-corrected chi connectivity index (χ4v) is 1.77. The van der Waals surface area contributed by atoms with Gasteiger partial charge in [-0.05, 0) is 49.6 Å². The molecular formula is C13H15NO3. The summed E-state index contributed by atoms with van der Waals surface area (Å²) < 4.78 is 5.16. The molecule has 0 amide bonds. The van der Waals surface area contributed by atoms with Gasteiger partial charge >= 0.3 is 5.97 Å². The van der Waals surface area contributed by atoms with Crippen molar-refractivity contribution < 1.29 is 14.6 Å². The Kier molecular flexibility index (Phi) is 3.42. The number of ether oxygens (including phenoxy) is 1. The lowest BCUT2D eigenvalue weighted by Gasteiger charge is -2.20. The quantitative estimate of drug-likeness (QED) is 0.868. The second-order valence-corrected chi connectivity index (χ2v) is 4.18. The van der Waals surface area contributed by atoms with Crippen molar-refractivity contribution in [3.8, 4) is 11.8 Å². The number of nitrogens with zero attached hydrogens (tertiary/aromatic N) is 1. The van der Waals surface area contributed by atoms with Crippen LogP contribution in [0, 0.1) is 25.2 Å². The molecular weight excluding hydrogens is 218 g/mol. The van der Waals surface area contributed by atoms with Crippen molar-refractivity contribution in [1.29, 1.82) is 5.26 Å². The summed E-state index contributed by atoms with van der Waals surface area (Å²) in [6.45, 7) is 5.00. The minimum atomic E-state index is -1.53. The number of benzene rings is 1. The highest BCUT2D eigenvalue weighted by Crippen LogP contribution is 2.31. The SMILES string of the molecule is COc1cc(C)c(C(C)(C#N)C(=O)O)cc1C. The maximum atomic E-state index is 11.2. The van der Waals surface area contributed by atoms with Crippen LogP contribution < -0.4 is 4.74 Å². The van der Waals surface area contributed by atoms with Crippen LogP contribution in [0.15, 0.2) is 12.1 Å². The molecule has 4 heteroatoms. The molecule has 4 nitrogen and oxygen atoms in total. The number of carboxylic acids is 1. The number of aliphatic carboxylic acids is 1. The Hall–Kier alpha value is -2.02. The Bertz CT molecular complexity index is 502. The van der Waals surface area contributed by atoms with Crippen molar-refractivity contribution in [1.82, 2.24) is 0 Å². The molecule has 1 aromatic carbocycles. The van der Waals surface area contributed by atoms with Gasteiger partial charge in [-0.1, -0.05) is 0 Å². The van der Waals surface area contributed by atoms with Crippen molar-refractivity contribution in [2.45, 2.75) is 26.2 Å². The topological polar surface area (TPSA) is 70.3 Å². The number of aryl methyl sites for hydroxylation is 2. The molecule has 0 spiro atoms. The van der Waals surface area contributed by atoms with Gasteiger partial charge in [-0.2, -0.15) is 5.26 Å². The van der Waals surface area contributed by atoms with E-state index in [1.165, 1.54) is 6.92 Å². The maximum absolute atomic E-state index is 11.2. The van der Waals surface area contributed by atoms with Gasteiger partial charge in [0.1, 0.15) is 5.75 Å². The first-order valence-electron chi connectivity index (χ1n) is 5.17. The van der Waals surface area contributed by atoms with Gasteiger partial charge in [0.15, 0.2) is 5.41 Å². The minimum Gasteiger partial charge on any atom is -0.496 e. The Balaban J connectivity index is 3.48. The van der Waals surface area contributed by atoms with E-state index in [4.69, 9.17) is 10.00 Å². The van der Waals surface area contributed by atoms with Crippen LogP contribution in [0.5, 0.6) is 5.75 Å². The molecule has 0 saturated carbocycles. The third-order valence-electron chi connectivity index (χ3n) is 2.93. The Labute approximate surface area is 100 Å². The van der Waals surface area contributed by atoms with E-state index in [0.717, 1.165) is 11.1 Å². The van der Waals surface area contributed by atoms with E-state index in [0.29, 0.717) is 11.3 Å². The fourth-order valence-electron chi connectivity index (χ4n) is 1.77. The standard InChI is InChI=1S/C13H15NO3/c1-8-6-11(17-4)9(2)5-10(8)13(3,7-14)12(15)16/h5-6H,1-4H3,(H,15,16). The third kappa shape index (κ3) is 2.09. The summed E-state index contributed by atoms with van der Waals surface area (Å²) in [6, 6.07) is 5.31. The molecule has 0 bridgehead atoms. The molecule has 1 unspecified atom stereocenters. The lowest BCUT2D eigenvalue weighted by Crippen LogP contribution is -2.31. The fraction of sp³-hybridized carbons (Fsp3) is 0.385. The van der Waals surface area contributed by atoms with Crippen LogP contribution in [0.2, 0.25) is 0 Å². The summed E-state index contributed by atoms with van der Waals surface area (Å²) in [6.07, 6.45) is 0. The van der Waals surface area contributed by atoms with Crippen LogP contribution in [-0.2, 0) is 10.2 Å². The molecule has 0 saturated heterocycles. The smallest absolute Gasteiger partial charge is 0.328 e. The van der Waals surface area contributed by atoms with E-state index in [1.807, 2.05) is 13.0 Å². The number of carbonyl (C=O) groups is 1. The van der Waals surface area contributed by atoms with Crippen molar-refractivity contribution in [2.75, 3.05) is 7.11 Å². The minimum absolute atomic E-state index is 0.505. The van der Waals surface area contributed by atoms with Crippen molar-refractivity contribution in [2.24, 2.45) is 0 Å². The van der Waals surface area contributed by atoms with E-state index in [-0.39, 0.29) is 0 Å². The molecule has 0 heterocycles. The highest BCUT2D eigenvalue weighted by molar-refractivity contribution is 5.85. The zero-order chi connectivity index (χ0) is 13.2. The van der Waals surface area contributed by atoms with Gasteiger partial charge < -0.3 is 9.84 Å². The predicted molar refractivity (Wildman–Crippen MR) is 63.1 cm³/mol. The Morgan fingerprint density at radius 3 is 2.41 bits per heavy atom. The average Bonchev–Trinajstić information content (AvgIpc) is 2.30. The monoisotopic (exact) mass is 233 g/mol. The van der Waals surface area contributed by atoms with Gasteiger partial charge in [0.25, 0.3) is 0 Å². The van der Waals surface area contributed by atoms with Gasteiger partial charge in [0, 0.05) is 0 Å². The Morgan fingerprint density at radius 2 is 2.00 bits per heavy atom. The lowest BCUT2D eigenvalue weighted by atomic mass is 9.80. The summed E-state index contributed by atoms with van der Waals surface area (Å²) in [5.41, 5.74) is 0.529. The first-order chi connectivity index (χ1) is 7.86. The van der Waals surface area contributed by atoms with Crippen molar-refractivity contribution in [3.05, 3.63) is 28.8 Å². The summed E-state index contributed by atoms with van der Waals surface area (Å²) >= 11 is 0. The molecule has 1 aromatic rings. The second kappa shape index (κ2) is 4.46. The molecule has 1 atom stereocenters. The van der Waals surface area contributed by atoms with Gasteiger partial charge in [-0.15, -0.1) is 0 Å². The van der Waals surface area contributed by atoms with E-state index in [9.17, 15) is 9.90 Å². The molecule has 0 aliphatic rings. The highest BCUT2D eigenvalue weighted by Gasteiger charge is 2.37. The molecule has 0 fully saturated rings. The van der Waals surface area contributed by atoms with Gasteiger partial charge in [-0.25, -0.2) is 0 Å². The normalized spacial score (nSPS) is 13.6. The molecule has 0 aromatic heterocycles. The van der Waals surface area contributed by atoms with Gasteiger partial charge in [0.05, 0.1) is 13.2 Å². The summed E-state index contributed by atoms with van der Waals surface area (Å²) in [5, 5.41) is 18.3. The summed E-state index contributed by atoms with van der Waals surface area (Å²) in [5.74, 6) is -0.454. The largest absolute Gasteiger partial charge is 0.496 e. The Morgan fingerprint density at radius 1 is 1.41 bits per heavy atom. The number of rotatable bonds is 3. The zero-order valence-electron chi connectivity index (χ0n) is 10.4.